The van der Waals surface area contributed by atoms with E-state index in [2.05, 4.69) is 6.58 Å². The van der Waals surface area contributed by atoms with Crippen LogP contribution in [0.15, 0.2) is 30.4 Å². The Labute approximate surface area is 106 Å². The smallest absolute Gasteiger partial charge is 0.338 e. The molecule has 1 aromatic rings. The molecule has 0 radical (unpaired) electrons. The Hall–Kier alpha value is -1.97. The zero-order valence-electron chi connectivity index (χ0n) is 10.8. The van der Waals surface area contributed by atoms with Crippen molar-refractivity contribution in [3.05, 3.63) is 30.4 Å². The van der Waals surface area contributed by atoms with Crippen molar-refractivity contribution in [2.75, 3.05) is 0 Å². The number of benzene rings is 1. The van der Waals surface area contributed by atoms with Crippen LogP contribution in [-0.4, -0.2) is 11.8 Å². The fraction of sp³-hybridized carbons (Fsp3) is 0.357. The average Bonchev–Trinajstić information content (AvgIpc) is 2.65. The summed E-state index contributed by atoms with van der Waals surface area (Å²) in [5.74, 6) is 0.581. The van der Waals surface area contributed by atoms with Crippen LogP contribution in [0.5, 0.6) is 17.2 Å². The lowest BCUT2D eigenvalue weighted by Crippen LogP contribution is -2.33. The third kappa shape index (κ3) is 2.32. The molecular weight excluding hydrogens is 232 g/mol. The van der Waals surface area contributed by atoms with E-state index in [0.717, 1.165) is 6.42 Å². The van der Waals surface area contributed by atoms with Crippen molar-refractivity contribution < 1.29 is 19.0 Å². The molecule has 1 heterocycles. The molecular formula is C14H16O4. The van der Waals surface area contributed by atoms with Gasteiger partial charge in [0.25, 0.3) is 0 Å². The van der Waals surface area contributed by atoms with Crippen LogP contribution in [0.25, 0.3) is 0 Å². The molecule has 0 amide bonds. The minimum Gasteiger partial charge on any atom is -0.449 e. The largest absolute Gasteiger partial charge is 0.449 e. The van der Waals surface area contributed by atoms with Crippen LogP contribution in [0.2, 0.25) is 0 Å². The fourth-order valence-corrected chi connectivity index (χ4v) is 1.54. The Morgan fingerprint density at radius 3 is 2.67 bits per heavy atom. The van der Waals surface area contributed by atoms with E-state index in [9.17, 15) is 4.79 Å². The Morgan fingerprint density at radius 2 is 2.06 bits per heavy atom. The normalized spacial score (nSPS) is 20.6. The predicted octanol–water partition coefficient (Wildman–Crippen LogP) is 3.07. The second-order valence-corrected chi connectivity index (χ2v) is 4.47. The maximum atomic E-state index is 11.4. The van der Waals surface area contributed by atoms with Gasteiger partial charge in [-0.05, 0) is 19.1 Å². The molecule has 1 aliphatic heterocycles. The maximum absolute atomic E-state index is 11.4. The number of esters is 1. The molecule has 0 aliphatic carbocycles. The average molecular weight is 248 g/mol. The van der Waals surface area contributed by atoms with E-state index in [0.29, 0.717) is 22.8 Å². The van der Waals surface area contributed by atoms with Crippen molar-refractivity contribution in [3.63, 3.8) is 0 Å². The second-order valence-electron chi connectivity index (χ2n) is 4.47. The van der Waals surface area contributed by atoms with Gasteiger partial charge in [-0.1, -0.05) is 13.5 Å². The molecule has 96 valence electrons. The molecule has 2 rings (SSSR count). The second kappa shape index (κ2) is 4.37. The maximum Gasteiger partial charge on any atom is 0.338 e. The zero-order chi connectivity index (χ0) is 13.3. The van der Waals surface area contributed by atoms with E-state index < -0.39 is 11.8 Å². The minimum absolute atomic E-state index is 0.353. The minimum atomic E-state index is -0.640. The van der Waals surface area contributed by atoms with E-state index in [1.54, 1.807) is 25.1 Å². The molecule has 4 nitrogen and oxygen atoms in total. The fourth-order valence-electron chi connectivity index (χ4n) is 1.54. The summed E-state index contributed by atoms with van der Waals surface area (Å²) in [6, 6.07) is 5.05. The lowest BCUT2D eigenvalue weighted by molar-refractivity contribution is -0.130. The van der Waals surface area contributed by atoms with Crippen molar-refractivity contribution in [3.8, 4) is 17.2 Å². The van der Waals surface area contributed by atoms with Crippen LogP contribution in [-0.2, 0) is 4.79 Å². The number of rotatable bonds is 3. The monoisotopic (exact) mass is 248 g/mol. The number of fused-ring (bicyclic) bond motifs is 1. The quantitative estimate of drug-likeness (QED) is 0.468. The summed E-state index contributed by atoms with van der Waals surface area (Å²) in [6.45, 7) is 8.98. The topological polar surface area (TPSA) is 44.8 Å². The first-order valence-corrected chi connectivity index (χ1v) is 5.83. The molecule has 0 saturated carbocycles. The van der Waals surface area contributed by atoms with Crippen LogP contribution in [0, 0.1) is 0 Å². The Balaban J connectivity index is 2.18. The molecule has 1 unspecified atom stereocenters. The number of ether oxygens (including phenoxy) is 3. The first-order valence-electron chi connectivity index (χ1n) is 5.83. The molecule has 0 bridgehead atoms. The number of carbonyl (C=O) groups excluding carboxylic acids is 1. The summed E-state index contributed by atoms with van der Waals surface area (Å²) in [5.41, 5.74) is 0.353. The summed E-state index contributed by atoms with van der Waals surface area (Å²) >= 11 is 0. The molecule has 1 atom stereocenters. The summed E-state index contributed by atoms with van der Waals surface area (Å²) in [7, 11) is 0. The van der Waals surface area contributed by atoms with Crippen molar-refractivity contribution in [1.29, 1.82) is 0 Å². The Bertz CT molecular complexity index is 507. The van der Waals surface area contributed by atoms with E-state index >= 15 is 0 Å². The summed E-state index contributed by atoms with van der Waals surface area (Å²) in [6.07, 6.45) is 0.725. The van der Waals surface area contributed by atoms with Crippen molar-refractivity contribution in [2.24, 2.45) is 0 Å². The molecule has 1 aliphatic rings. The van der Waals surface area contributed by atoms with Crippen LogP contribution >= 0.6 is 0 Å². The van der Waals surface area contributed by atoms with Crippen molar-refractivity contribution in [2.45, 2.75) is 33.0 Å². The molecule has 0 spiro atoms. The Kier molecular flexibility index (Phi) is 3.03. The molecule has 4 heteroatoms. The van der Waals surface area contributed by atoms with E-state index in [1.807, 2.05) is 13.8 Å². The highest BCUT2D eigenvalue weighted by molar-refractivity contribution is 5.88. The lowest BCUT2D eigenvalue weighted by atomic mass is 10.2. The van der Waals surface area contributed by atoms with Crippen LogP contribution in [0.1, 0.15) is 27.2 Å². The SMILES string of the molecule is C=C(C)C(=O)Oc1ccc2c(c1)OC(C)(CC)O2. The highest BCUT2D eigenvalue weighted by atomic mass is 16.7. The van der Waals surface area contributed by atoms with Gasteiger partial charge < -0.3 is 14.2 Å². The van der Waals surface area contributed by atoms with Gasteiger partial charge in [-0.3, -0.25) is 0 Å². The van der Waals surface area contributed by atoms with Crippen LogP contribution in [0.3, 0.4) is 0 Å². The third-order valence-electron chi connectivity index (χ3n) is 2.77. The first-order chi connectivity index (χ1) is 8.43. The molecule has 0 saturated heterocycles. The molecule has 1 aromatic carbocycles. The highest BCUT2D eigenvalue weighted by Crippen LogP contribution is 2.42. The Morgan fingerprint density at radius 1 is 1.39 bits per heavy atom. The van der Waals surface area contributed by atoms with Gasteiger partial charge in [0, 0.05) is 25.0 Å². The molecule has 0 N–H and O–H groups in total. The summed E-state index contributed by atoms with van der Waals surface area (Å²) in [5, 5.41) is 0. The van der Waals surface area contributed by atoms with Gasteiger partial charge in [-0.15, -0.1) is 0 Å². The number of carbonyl (C=O) groups is 1. The van der Waals surface area contributed by atoms with Crippen molar-refractivity contribution >= 4 is 5.97 Å². The first kappa shape index (κ1) is 12.5. The zero-order valence-corrected chi connectivity index (χ0v) is 10.8. The van der Waals surface area contributed by atoms with Crippen molar-refractivity contribution in [1.82, 2.24) is 0 Å². The van der Waals surface area contributed by atoms with Gasteiger partial charge in [0.2, 0.25) is 5.79 Å². The lowest BCUT2D eigenvalue weighted by Gasteiger charge is -2.20. The highest BCUT2D eigenvalue weighted by Gasteiger charge is 2.35. The van der Waals surface area contributed by atoms with Gasteiger partial charge in [0.05, 0.1) is 0 Å². The van der Waals surface area contributed by atoms with Gasteiger partial charge in [-0.2, -0.15) is 0 Å². The van der Waals surface area contributed by atoms with Gasteiger partial charge >= 0.3 is 5.97 Å². The molecule has 0 fully saturated rings. The summed E-state index contributed by atoms with van der Waals surface area (Å²) < 4.78 is 16.5. The molecule has 18 heavy (non-hydrogen) atoms. The number of hydrogen-bond acceptors (Lipinski definition) is 4. The van der Waals surface area contributed by atoms with Gasteiger partial charge in [-0.25, -0.2) is 4.79 Å². The van der Waals surface area contributed by atoms with Gasteiger partial charge in [0.15, 0.2) is 11.5 Å². The van der Waals surface area contributed by atoms with Crippen LogP contribution < -0.4 is 14.2 Å². The van der Waals surface area contributed by atoms with Crippen LogP contribution in [0.4, 0.5) is 0 Å². The predicted molar refractivity (Wildman–Crippen MR) is 66.8 cm³/mol. The van der Waals surface area contributed by atoms with E-state index in [-0.39, 0.29) is 0 Å². The van der Waals surface area contributed by atoms with E-state index in [4.69, 9.17) is 14.2 Å². The third-order valence-corrected chi connectivity index (χ3v) is 2.77. The van der Waals surface area contributed by atoms with Gasteiger partial charge in [0.1, 0.15) is 5.75 Å². The number of hydrogen-bond donors (Lipinski definition) is 0. The van der Waals surface area contributed by atoms with E-state index in [1.165, 1.54) is 0 Å². The standard InChI is InChI=1S/C14H16O4/c1-5-14(4)17-11-7-6-10(8-12(11)18-14)16-13(15)9(2)3/h6-8H,2,5H2,1,3-4H3. The summed E-state index contributed by atoms with van der Waals surface area (Å²) in [4.78, 5) is 11.4. The molecule has 0 aromatic heterocycles.